The van der Waals surface area contributed by atoms with Crippen molar-refractivity contribution < 1.29 is 4.79 Å². The van der Waals surface area contributed by atoms with Gasteiger partial charge >= 0.3 is 0 Å². The van der Waals surface area contributed by atoms with Gasteiger partial charge in [0.25, 0.3) is 5.56 Å². The van der Waals surface area contributed by atoms with Gasteiger partial charge in [-0.2, -0.15) is 0 Å². The average Bonchev–Trinajstić information content (AvgIpc) is 3.00. The molecule has 1 aliphatic carbocycles. The first-order valence-electron chi connectivity index (χ1n) is 8.92. The highest BCUT2D eigenvalue weighted by atomic mass is 32.1. The summed E-state index contributed by atoms with van der Waals surface area (Å²) < 4.78 is 1.45. The summed E-state index contributed by atoms with van der Waals surface area (Å²) in [7, 11) is 0. The summed E-state index contributed by atoms with van der Waals surface area (Å²) in [5, 5.41) is 3.56. The van der Waals surface area contributed by atoms with Crippen LogP contribution in [0, 0.1) is 5.92 Å². The van der Waals surface area contributed by atoms with Crippen molar-refractivity contribution in [1.82, 2.24) is 9.55 Å². The summed E-state index contributed by atoms with van der Waals surface area (Å²) in [6.07, 6.45) is 4.53. The van der Waals surface area contributed by atoms with E-state index in [9.17, 15) is 9.59 Å². The molecule has 2 aromatic heterocycles. The third-order valence-electron chi connectivity index (χ3n) is 5.08. The number of aromatic nitrogens is 2. The van der Waals surface area contributed by atoms with Crippen LogP contribution in [0.15, 0.2) is 41.5 Å². The van der Waals surface area contributed by atoms with Crippen molar-refractivity contribution in [1.29, 1.82) is 0 Å². The molecule has 0 radical (unpaired) electrons. The number of nitrogens with zero attached hydrogens (tertiary/aromatic N) is 2. The quantitative estimate of drug-likeness (QED) is 0.766. The molecule has 1 aliphatic rings. The number of aryl methyl sites for hydroxylation is 1. The van der Waals surface area contributed by atoms with Crippen LogP contribution < -0.4 is 10.9 Å². The molecular weight excluding hydrogens is 346 g/mol. The van der Waals surface area contributed by atoms with Crippen molar-refractivity contribution in [3.8, 4) is 0 Å². The lowest BCUT2D eigenvalue weighted by Crippen LogP contribution is -2.32. The number of thiophene rings is 1. The van der Waals surface area contributed by atoms with E-state index in [-0.39, 0.29) is 11.5 Å². The minimum absolute atomic E-state index is 0.113. The Bertz CT molecular complexity index is 1020. The molecular formula is C20H21N3O2S. The number of anilines is 1. The maximum Gasteiger partial charge on any atom is 0.263 e. The third-order valence-corrected chi connectivity index (χ3v) is 6.24. The summed E-state index contributed by atoms with van der Waals surface area (Å²) in [5.74, 6) is 0.422. The molecule has 2 atom stereocenters. The first-order chi connectivity index (χ1) is 12.5. The van der Waals surface area contributed by atoms with Gasteiger partial charge in [0.2, 0.25) is 5.91 Å². The predicted molar refractivity (Wildman–Crippen MR) is 105 cm³/mol. The first-order valence-corrected chi connectivity index (χ1v) is 9.73. The van der Waals surface area contributed by atoms with Gasteiger partial charge in [-0.1, -0.05) is 25.1 Å². The average molecular weight is 367 g/mol. The molecule has 0 saturated carbocycles. The summed E-state index contributed by atoms with van der Waals surface area (Å²) in [5.41, 5.74) is 1.75. The number of para-hydroxylation sites is 1. The molecule has 1 amide bonds. The Hall–Kier alpha value is -2.47. The summed E-state index contributed by atoms with van der Waals surface area (Å²) in [4.78, 5) is 32.2. The smallest absolute Gasteiger partial charge is 0.263 e. The molecule has 1 N–H and O–H groups in total. The van der Waals surface area contributed by atoms with Crippen LogP contribution in [0.4, 0.5) is 5.69 Å². The molecule has 26 heavy (non-hydrogen) atoms. The molecule has 6 heteroatoms. The van der Waals surface area contributed by atoms with Gasteiger partial charge in [-0.05, 0) is 49.8 Å². The number of nitrogens with one attached hydrogen (secondary N) is 1. The van der Waals surface area contributed by atoms with Crippen LogP contribution in [0.25, 0.3) is 10.2 Å². The predicted octanol–water partition coefficient (Wildman–Crippen LogP) is 3.78. The highest BCUT2D eigenvalue weighted by molar-refractivity contribution is 7.18. The van der Waals surface area contributed by atoms with Gasteiger partial charge < -0.3 is 5.32 Å². The Morgan fingerprint density at radius 1 is 1.35 bits per heavy atom. The molecule has 3 aromatic rings. The van der Waals surface area contributed by atoms with Gasteiger partial charge in [0, 0.05) is 10.6 Å². The van der Waals surface area contributed by atoms with E-state index in [1.54, 1.807) is 18.3 Å². The van der Waals surface area contributed by atoms with E-state index in [1.807, 2.05) is 30.3 Å². The van der Waals surface area contributed by atoms with Crippen LogP contribution in [0.2, 0.25) is 0 Å². The standard InChI is InChI=1S/C20H21N3O2S/c1-12-8-9-15-16(10-12)26-19-17(15)20(25)23(11-21-19)13(2)18(24)22-14-6-4-3-5-7-14/h3-7,11-13H,8-10H2,1-2H3,(H,22,24)/t12-,13+/m0/s1. The van der Waals surface area contributed by atoms with Crippen molar-refractivity contribution in [2.45, 2.75) is 39.2 Å². The first kappa shape index (κ1) is 17.0. The molecule has 0 unspecified atom stereocenters. The monoisotopic (exact) mass is 367 g/mol. The van der Waals surface area contributed by atoms with E-state index in [4.69, 9.17) is 0 Å². The molecule has 0 fully saturated rings. The van der Waals surface area contributed by atoms with Gasteiger partial charge in [0.1, 0.15) is 10.9 Å². The number of benzene rings is 1. The maximum absolute atomic E-state index is 13.1. The molecule has 2 heterocycles. The zero-order chi connectivity index (χ0) is 18.3. The third kappa shape index (κ3) is 2.94. The van der Waals surface area contributed by atoms with E-state index in [2.05, 4.69) is 17.2 Å². The zero-order valence-corrected chi connectivity index (χ0v) is 15.7. The zero-order valence-electron chi connectivity index (χ0n) is 14.9. The van der Waals surface area contributed by atoms with E-state index in [0.717, 1.165) is 29.7 Å². The number of fused-ring (bicyclic) bond motifs is 3. The number of amides is 1. The van der Waals surface area contributed by atoms with Crippen molar-refractivity contribution in [2.75, 3.05) is 5.32 Å². The van der Waals surface area contributed by atoms with Gasteiger partial charge in [0.15, 0.2) is 0 Å². The minimum Gasteiger partial charge on any atom is -0.324 e. The molecule has 0 bridgehead atoms. The molecule has 4 rings (SSSR count). The highest BCUT2D eigenvalue weighted by Gasteiger charge is 2.25. The fourth-order valence-corrected chi connectivity index (χ4v) is 4.86. The van der Waals surface area contributed by atoms with Gasteiger partial charge in [-0.25, -0.2) is 4.98 Å². The van der Waals surface area contributed by atoms with Crippen LogP contribution in [-0.4, -0.2) is 15.5 Å². The van der Waals surface area contributed by atoms with E-state index in [0.29, 0.717) is 17.0 Å². The number of rotatable bonds is 3. The molecule has 5 nitrogen and oxygen atoms in total. The number of hydrogen-bond donors (Lipinski definition) is 1. The van der Waals surface area contributed by atoms with Crippen molar-refractivity contribution in [3.05, 3.63) is 57.5 Å². The van der Waals surface area contributed by atoms with Crippen LogP contribution >= 0.6 is 11.3 Å². The molecule has 134 valence electrons. The second-order valence-electron chi connectivity index (χ2n) is 7.02. The largest absolute Gasteiger partial charge is 0.324 e. The summed E-state index contributed by atoms with van der Waals surface area (Å²) in [6.45, 7) is 3.98. The molecule has 1 aromatic carbocycles. The van der Waals surface area contributed by atoms with Crippen LogP contribution in [-0.2, 0) is 17.6 Å². The highest BCUT2D eigenvalue weighted by Crippen LogP contribution is 2.35. The van der Waals surface area contributed by atoms with Crippen LogP contribution in [0.1, 0.15) is 36.8 Å². The topological polar surface area (TPSA) is 64.0 Å². The Kier molecular flexibility index (Phi) is 4.36. The van der Waals surface area contributed by atoms with Gasteiger partial charge in [-0.3, -0.25) is 14.2 Å². The normalized spacial score (nSPS) is 17.7. The van der Waals surface area contributed by atoms with Gasteiger partial charge in [-0.15, -0.1) is 11.3 Å². The number of carbonyl (C=O) groups is 1. The lowest BCUT2D eigenvalue weighted by molar-refractivity contribution is -0.118. The molecule has 0 spiro atoms. The lowest BCUT2D eigenvalue weighted by Gasteiger charge is -2.18. The number of hydrogen-bond acceptors (Lipinski definition) is 4. The minimum atomic E-state index is -0.627. The summed E-state index contributed by atoms with van der Waals surface area (Å²) >= 11 is 1.62. The van der Waals surface area contributed by atoms with Crippen molar-refractivity contribution in [3.63, 3.8) is 0 Å². The second-order valence-corrected chi connectivity index (χ2v) is 8.10. The maximum atomic E-state index is 13.1. The van der Waals surface area contributed by atoms with Gasteiger partial charge in [0.05, 0.1) is 11.7 Å². The fraction of sp³-hybridized carbons (Fsp3) is 0.350. The van der Waals surface area contributed by atoms with Crippen LogP contribution in [0.3, 0.4) is 0 Å². The second kappa shape index (κ2) is 6.68. The Labute approximate surface area is 155 Å². The van der Waals surface area contributed by atoms with Crippen molar-refractivity contribution in [2.24, 2.45) is 5.92 Å². The fourth-order valence-electron chi connectivity index (χ4n) is 3.51. The Balaban J connectivity index is 1.69. The number of carbonyl (C=O) groups excluding carboxylic acids is 1. The molecule has 0 saturated heterocycles. The Morgan fingerprint density at radius 3 is 2.88 bits per heavy atom. The van der Waals surface area contributed by atoms with Crippen LogP contribution in [0.5, 0.6) is 0 Å². The van der Waals surface area contributed by atoms with E-state index < -0.39 is 6.04 Å². The Morgan fingerprint density at radius 2 is 2.12 bits per heavy atom. The SMILES string of the molecule is C[C@H]1CCc2c(sc3ncn([C@H](C)C(=O)Nc4ccccc4)c(=O)c23)C1. The lowest BCUT2D eigenvalue weighted by atomic mass is 9.89. The summed E-state index contributed by atoms with van der Waals surface area (Å²) in [6, 6.07) is 8.63. The molecule has 0 aliphatic heterocycles. The van der Waals surface area contributed by atoms with E-state index >= 15 is 0 Å². The van der Waals surface area contributed by atoms with Crippen molar-refractivity contribution >= 4 is 33.1 Å². The van der Waals surface area contributed by atoms with E-state index in [1.165, 1.54) is 15.8 Å².